The summed E-state index contributed by atoms with van der Waals surface area (Å²) in [4.78, 5) is 16.6. The van der Waals surface area contributed by atoms with Crippen molar-refractivity contribution >= 4 is 13.9 Å². The van der Waals surface area contributed by atoms with Crippen LogP contribution in [0, 0.1) is 0 Å². The van der Waals surface area contributed by atoms with Gasteiger partial charge in [-0.15, -0.1) is 4.52 Å². The normalized spacial score (nSPS) is 16.5. The summed E-state index contributed by atoms with van der Waals surface area (Å²) < 4.78 is 63.1. The van der Waals surface area contributed by atoms with Gasteiger partial charge in [-0.25, -0.2) is 0 Å². The summed E-state index contributed by atoms with van der Waals surface area (Å²) in [5.41, 5.74) is 3.22. The summed E-state index contributed by atoms with van der Waals surface area (Å²) in [6.45, 7) is 2.63. The van der Waals surface area contributed by atoms with E-state index in [1.807, 2.05) is 36.4 Å². The lowest BCUT2D eigenvalue weighted by molar-refractivity contribution is -0.161. The molecule has 2 aliphatic rings. The minimum Gasteiger partial charge on any atom is -0.379 e. The number of amides is 1. The molecule has 1 unspecified atom stereocenters. The van der Waals surface area contributed by atoms with Gasteiger partial charge in [0.25, 0.3) is 0 Å². The molecule has 0 radical (unpaired) electrons. The zero-order chi connectivity index (χ0) is 25.5. The summed E-state index contributed by atoms with van der Waals surface area (Å²) in [5.74, 6) is -1.32. The maximum atomic E-state index is 13.5. The molecule has 0 N–H and O–H groups in total. The van der Waals surface area contributed by atoms with Crippen LogP contribution in [0.15, 0.2) is 48.5 Å². The molecule has 1 amide bonds. The van der Waals surface area contributed by atoms with E-state index in [2.05, 4.69) is 4.90 Å². The number of hydrogen-bond acceptors (Lipinski definition) is 5. The Hall–Kier alpha value is -2.32. The van der Waals surface area contributed by atoms with Crippen molar-refractivity contribution in [2.24, 2.45) is 0 Å². The van der Waals surface area contributed by atoms with Crippen LogP contribution in [0.3, 0.4) is 0 Å². The molecule has 194 valence electrons. The average Bonchev–Trinajstić information content (AvgIpc) is 3.20. The Bertz CT molecular complexity index is 1010. The number of ether oxygens (including phenoxy) is 1. The van der Waals surface area contributed by atoms with Gasteiger partial charge >= 0.3 is 14.2 Å². The summed E-state index contributed by atoms with van der Waals surface area (Å²) >= 11 is 0. The Morgan fingerprint density at radius 3 is 2.25 bits per heavy atom. The predicted molar refractivity (Wildman–Crippen MR) is 131 cm³/mol. The molecular formula is C26H31F3N2O4P+. The fourth-order valence-electron chi connectivity index (χ4n) is 4.79. The lowest BCUT2D eigenvalue weighted by Gasteiger charge is -2.27. The third-order valence-corrected chi connectivity index (χ3v) is 7.68. The quantitative estimate of drug-likeness (QED) is 0.305. The molecule has 0 aromatic heterocycles. The minimum atomic E-state index is -4.51. The van der Waals surface area contributed by atoms with Crippen molar-refractivity contribution in [1.82, 2.24) is 9.80 Å². The zero-order valence-corrected chi connectivity index (χ0v) is 21.0. The third kappa shape index (κ3) is 6.91. The Labute approximate surface area is 210 Å². The summed E-state index contributed by atoms with van der Waals surface area (Å²) in [7, 11) is -1.89. The second-order valence-electron chi connectivity index (χ2n) is 9.03. The highest BCUT2D eigenvalue weighted by Gasteiger charge is 2.40. The average molecular weight is 524 g/mol. The molecule has 2 aromatic rings. The number of hydrogen-bond donors (Lipinski definition) is 0. The molecule has 36 heavy (non-hydrogen) atoms. The van der Waals surface area contributed by atoms with E-state index in [0.29, 0.717) is 39.2 Å². The summed E-state index contributed by atoms with van der Waals surface area (Å²) in [5, 5.41) is 0. The van der Waals surface area contributed by atoms with Gasteiger partial charge < -0.3 is 9.64 Å². The van der Waals surface area contributed by atoms with Crippen LogP contribution in [0.5, 0.6) is 0 Å². The van der Waals surface area contributed by atoms with Gasteiger partial charge in [-0.3, -0.25) is 9.69 Å². The first-order chi connectivity index (χ1) is 17.3. The Morgan fingerprint density at radius 1 is 1.03 bits per heavy atom. The number of fused-ring (bicyclic) bond motifs is 3. The minimum absolute atomic E-state index is 0.0594. The summed E-state index contributed by atoms with van der Waals surface area (Å²) in [6.07, 6.45) is -3.54. The van der Waals surface area contributed by atoms with Crippen LogP contribution < -0.4 is 0 Å². The predicted octanol–water partition coefficient (Wildman–Crippen LogP) is 5.06. The van der Waals surface area contributed by atoms with Crippen LogP contribution >= 0.6 is 8.03 Å². The molecule has 1 atom stereocenters. The van der Waals surface area contributed by atoms with E-state index in [-0.39, 0.29) is 12.7 Å². The van der Waals surface area contributed by atoms with Crippen LogP contribution in [0.2, 0.25) is 0 Å². The first-order valence-electron chi connectivity index (χ1n) is 12.2. The molecule has 0 spiro atoms. The zero-order valence-electron chi connectivity index (χ0n) is 20.1. The highest BCUT2D eigenvalue weighted by molar-refractivity contribution is 7.39. The number of carbonyl (C=O) groups excluding carboxylic acids is 1. The molecule has 0 bridgehead atoms. The van der Waals surface area contributed by atoms with Crippen LogP contribution in [-0.2, 0) is 18.6 Å². The van der Waals surface area contributed by atoms with Crippen LogP contribution in [-0.4, -0.2) is 80.6 Å². The Kier molecular flexibility index (Phi) is 9.12. The number of halogens is 3. The van der Waals surface area contributed by atoms with E-state index >= 15 is 0 Å². The highest BCUT2D eigenvalue weighted by atomic mass is 31.1. The Balaban J connectivity index is 1.33. The van der Waals surface area contributed by atoms with Crippen LogP contribution in [0.25, 0.3) is 11.1 Å². The largest absolute Gasteiger partial charge is 0.508 e. The molecular weight excluding hydrogens is 492 g/mol. The van der Waals surface area contributed by atoms with Crippen LogP contribution in [0.1, 0.15) is 29.9 Å². The standard InChI is InChI=1S/C26H31F3N2O4P/c27-26(28,29)19-31(11-5-6-18-36(33)35-17-14-30-12-15-34-16-13-30)25(32)24-22-9-3-1-7-20(22)21-8-2-4-10-23(21)24/h1-4,7-10,24H,5-6,11-19H2/q+1. The molecule has 1 heterocycles. The molecule has 2 aromatic carbocycles. The number of benzene rings is 2. The molecule has 6 nitrogen and oxygen atoms in total. The van der Waals surface area contributed by atoms with Gasteiger partial charge in [-0.2, -0.15) is 13.2 Å². The Morgan fingerprint density at radius 2 is 1.64 bits per heavy atom. The van der Waals surface area contributed by atoms with Crippen molar-refractivity contribution in [3.8, 4) is 11.1 Å². The summed E-state index contributed by atoms with van der Waals surface area (Å²) in [6, 6.07) is 14.7. The number of nitrogens with zero attached hydrogens (tertiary/aromatic N) is 2. The lowest BCUT2D eigenvalue weighted by Crippen LogP contribution is -2.42. The molecule has 1 aliphatic heterocycles. The van der Waals surface area contributed by atoms with Crippen LogP contribution in [0.4, 0.5) is 13.2 Å². The van der Waals surface area contributed by atoms with E-state index in [9.17, 15) is 22.5 Å². The van der Waals surface area contributed by atoms with Crippen molar-refractivity contribution in [2.75, 3.05) is 58.7 Å². The van der Waals surface area contributed by atoms with Gasteiger partial charge in [-0.1, -0.05) is 48.5 Å². The van der Waals surface area contributed by atoms with Gasteiger partial charge in [0, 0.05) is 26.2 Å². The maximum absolute atomic E-state index is 13.5. The number of unbranched alkanes of at least 4 members (excludes halogenated alkanes) is 1. The maximum Gasteiger partial charge on any atom is 0.508 e. The van der Waals surface area contributed by atoms with Crippen molar-refractivity contribution in [3.63, 3.8) is 0 Å². The number of rotatable bonds is 11. The second kappa shape index (κ2) is 12.3. The van der Waals surface area contributed by atoms with Crippen molar-refractivity contribution in [3.05, 3.63) is 59.7 Å². The lowest BCUT2D eigenvalue weighted by atomic mass is 9.95. The van der Waals surface area contributed by atoms with E-state index in [1.54, 1.807) is 12.1 Å². The highest BCUT2D eigenvalue weighted by Crippen LogP contribution is 2.45. The van der Waals surface area contributed by atoms with Crippen molar-refractivity contribution < 1.29 is 31.8 Å². The van der Waals surface area contributed by atoms with Crippen molar-refractivity contribution in [1.29, 1.82) is 0 Å². The second-order valence-corrected chi connectivity index (χ2v) is 10.4. The number of carbonyl (C=O) groups is 1. The fraction of sp³-hybridized carbons (Fsp3) is 0.500. The van der Waals surface area contributed by atoms with Gasteiger partial charge in [0.1, 0.15) is 13.2 Å². The fourth-order valence-corrected chi connectivity index (χ4v) is 5.69. The first kappa shape index (κ1) is 26.7. The molecule has 1 aliphatic carbocycles. The van der Waals surface area contributed by atoms with E-state index < -0.39 is 32.6 Å². The van der Waals surface area contributed by atoms with Gasteiger partial charge in [0.2, 0.25) is 5.91 Å². The number of morpholine rings is 1. The molecule has 0 saturated carbocycles. The molecule has 10 heteroatoms. The van der Waals surface area contributed by atoms with E-state index in [1.165, 1.54) is 0 Å². The SMILES string of the molecule is O=C(C1c2ccccc2-c2ccccc21)N(CCCC[P+](=O)OCCN1CCOCC1)CC(F)(F)F. The van der Waals surface area contributed by atoms with Gasteiger partial charge in [-0.05, 0) is 39.7 Å². The molecule has 4 rings (SSSR count). The third-order valence-electron chi connectivity index (χ3n) is 6.53. The van der Waals surface area contributed by atoms with Gasteiger partial charge in [0.15, 0.2) is 6.16 Å². The topological polar surface area (TPSA) is 59.1 Å². The first-order valence-corrected chi connectivity index (χ1v) is 13.6. The van der Waals surface area contributed by atoms with E-state index in [0.717, 1.165) is 40.2 Å². The van der Waals surface area contributed by atoms with Gasteiger partial charge in [0.05, 0.1) is 19.1 Å². The molecule has 1 fully saturated rings. The number of alkyl halides is 3. The molecule has 1 saturated heterocycles. The smallest absolute Gasteiger partial charge is 0.379 e. The van der Waals surface area contributed by atoms with E-state index in [4.69, 9.17) is 9.26 Å². The van der Waals surface area contributed by atoms with Crippen molar-refractivity contribution in [2.45, 2.75) is 24.9 Å². The monoisotopic (exact) mass is 523 g/mol.